The summed E-state index contributed by atoms with van der Waals surface area (Å²) in [5, 5.41) is 92.4. The van der Waals surface area contributed by atoms with E-state index < -0.39 is 194 Å². The van der Waals surface area contributed by atoms with Crippen LogP contribution in [-0.4, -0.2) is 230 Å². The first-order valence-electron chi connectivity index (χ1n) is 25.5. The van der Waals surface area contributed by atoms with Gasteiger partial charge < -0.3 is 120 Å². The highest BCUT2D eigenvalue weighted by Crippen LogP contribution is 2.36. The summed E-state index contributed by atoms with van der Waals surface area (Å²) in [5.74, 6) is 0. The van der Waals surface area contributed by atoms with E-state index in [0.29, 0.717) is 0 Å². The van der Waals surface area contributed by atoms with E-state index in [1.807, 2.05) is 0 Å². The summed E-state index contributed by atoms with van der Waals surface area (Å²) in [5.41, 5.74) is 1.04. The van der Waals surface area contributed by atoms with Crippen LogP contribution >= 0.6 is 0 Å². The van der Waals surface area contributed by atoms with Crippen LogP contribution in [0.1, 0.15) is 110 Å². The number of alkyl carbamates (subject to hydrolysis) is 5. The molecule has 5 amide bonds. The highest BCUT2D eigenvalue weighted by molar-refractivity contribution is 5.70. The Labute approximate surface area is 448 Å². The van der Waals surface area contributed by atoms with Gasteiger partial charge in [-0.05, 0) is 110 Å². The van der Waals surface area contributed by atoms with Gasteiger partial charge in [-0.3, -0.25) is 0 Å². The molecule has 14 N–H and O–H groups in total. The fraction of sp³-hybridized carbons (Fsp3) is 0.896. The molecule has 0 bridgehead atoms. The van der Waals surface area contributed by atoms with Crippen LogP contribution in [0, 0.1) is 0 Å². The van der Waals surface area contributed by atoms with Gasteiger partial charge in [-0.2, -0.15) is 0 Å². The van der Waals surface area contributed by atoms with Crippen molar-refractivity contribution in [3.8, 4) is 0 Å². The molecule has 3 heterocycles. The molecular formula is C48H86N6O23. The molecule has 0 spiro atoms. The lowest BCUT2D eigenvalue weighted by Gasteiger charge is -2.49. The Morgan fingerprint density at radius 3 is 1.23 bits per heavy atom. The SMILES string of the molecule is CC(C)(C)OC(=O)NCC1O[C@H](O[C@H]2[C@@H](O)[C@H](O[C@H]3C(O[C@H]4O[C@H](CO)[C@@H](O)[C@H](O)[C@H]4NC(=O)OC(C)(C)C)[C@@H](NC(=O)OC(C)(C)C)C[C@@H](NC(=O)OC(C)(C)C)[C@@H]3O)O[C@@H]2CN)[C@H](NC(=O)OC(C)(C)C)[C@@H](O)[C@@H]1O. The third-order valence-electron chi connectivity index (χ3n) is 11.6. The number of rotatable bonds is 14. The Hall–Kier alpha value is -4.21. The number of ether oxygens (including phenoxy) is 11. The number of amides is 5. The highest BCUT2D eigenvalue weighted by Gasteiger charge is 2.57. The number of carbonyl (C=O) groups excluding carboxylic acids is 5. The van der Waals surface area contributed by atoms with E-state index in [4.69, 9.17) is 57.8 Å². The van der Waals surface area contributed by atoms with Gasteiger partial charge in [0.05, 0.1) is 18.7 Å². The second-order valence-electron chi connectivity index (χ2n) is 24.3. The fourth-order valence-electron chi connectivity index (χ4n) is 8.48. The number of aliphatic hydroxyl groups is 7. The van der Waals surface area contributed by atoms with Crippen LogP contribution in [0.4, 0.5) is 24.0 Å². The van der Waals surface area contributed by atoms with Crippen LogP contribution in [-0.2, 0) is 52.1 Å². The van der Waals surface area contributed by atoms with Crippen molar-refractivity contribution in [2.45, 2.75) is 255 Å². The molecule has 0 radical (unpaired) electrons. The third kappa shape index (κ3) is 19.5. The van der Waals surface area contributed by atoms with Crippen LogP contribution in [0.25, 0.3) is 0 Å². The van der Waals surface area contributed by atoms with Gasteiger partial charge in [-0.1, -0.05) is 0 Å². The molecular weight excluding hydrogens is 1030 g/mol. The minimum absolute atomic E-state index is 0.385. The maximum atomic E-state index is 13.7. The summed E-state index contributed by atoms with van der Waals surface area (Å²) in [4.78, 5) is 66.1. The van der Waals surface area contributed by atoms with Gasteiger partial charge in [0, 0.05) is 13.1 Å². The van der Waals surface area contributed by atoms with Gasteiger partial charge in [0.1, 0.15) is 113 Å². The third-order valence-corrected chi connectivity index (χ3v) is 11.6. The van der Waals surface area contributed by atoms with Crippen LogP contribution in [0.15, 0.2) is 0 Å². The molecule has 29 nitrogen and oxygen atoms in total. The second kappa shape index (κ2) is 25.9. The maximum absolute atomic E-state index is 13.7. The van der Waals surface area contributed by atoms with Crippen molar-refractivity contribution in [2.75, 3.05) is 19.7 Å². The van der Waals surface area contributed by atoms with Gasteiger partial charge in [0.25, 0.3) is 0 Å². The number of carbonyl (C=O) groups is 5. The monoisotopic (exact) mass is 1110 g/mol. The Morgan fingerprint density at radius 2 is 0.805 bits per heavy atom. The molecule has 3 aliphatic heterocycles. The average Bonchev–Trinajstić information content (AvgIpc) is 3.54. The van der Waals surface area contributed by atoms with E-state index in [1.165, 1.54) is 0 Å². The molecule has 1 saturated carbocycles. The van der Waals surface area contributed by atoms with Crippen molar-refractivity contribution in [3.05, 3.63) is 0 Å². The molecule has 3 saturated heterocycles. The summed E-state index contributed by atoms with van der Waals surface area (Å²) in [7, 11) is 0. The van der Waals surface area contributed by atoms with Crippen molar-refractivity contribution in [1.29, 1.82) is 0 Å². The normalized spacial score (nSPS) is 35.2. The van der Waals surface area contributed by atoms with E-state index in [2.05, 4.69) is 26.6 Å². The van der Waals surface area contributed by atoms with Gasteiger partial charge >= 0.3 is 30.5 Å². The van der Waals surface area contributed by atoms with Gasteiger partial charge in [0.15, 0.2) is 18.9 Å². The molecule has 1 aliphatic carbocycles. The molecule has 0 aromatic heterocycles. The molecule has 0 aromatic rings. The lowest BCUT2D eigenvalue weighted by Crippen LogP contribution is -2.70. The van der Waals surface area contributed by atoms with E-state index in [9.17, 15) is 59.7 Å². The first-order chi connectivity index (χ1) is 35.2. The zero-order valence-electron chi connectivity index (χ0n) is 46.5. The largest absolute Gasteiger partial charge is 0.444 e. The minimum Gasteiger partial charge on any atom is -0.444 e. The summed E-state index contributed by atoms with van der Waals surface area (Å²) in [6.07, 6.45) is -31.9. The van der Waals surface area contributed by atoms with E-state index in [1.54, 1.807) is 104 Å². The summed E-state index contributed by atoms with van der Waals surface area (Å²) < 4.78 is 64.5. The van der Waals surface area contributed by atoms with Crippen LogP contribution in [0.3, 0.4) is 0 Å². The number of hydrogen-bond donors (Lipinski definition) is 13. The number of hydrogen-bond acceptors (Lipinski definition) is 24. The molecule has 29 heteroatoms. The van der Waals surface area contributed by atoms with Crippen LogP contribution < -0.4 is 32.3 Å². The average molecular weight is 1120 g/mol. The zero-order valence-corrected chi connectivity index (χ0v) is 46.5. The van der Waals surface area contributed by atoms with E-state index in [0.717, 1.165) is 0 Å². The molecule has 19 atom stereocenters. The smallest absolute Gasteiger partial charge is 0.408 e. The predicted molar refractivity (Wildman–Crippen MR) is 264 cm³/mol. The Morgan fingerprint density at radius 1 is 0.442 bits per heavy atom. The van der Waals surface area contributed by atoms with Crippen molar-refractivity contribution in [2.24, 2.45) is 5.73 Å². The van der Waals surface area contributed by atoms with Gasteiger partial charge in [-0.25, -0.2) is 24.0 Å². The number of nitrogens with two attached hydrogens (primary N) is 1. The summed E-state index contributed by atoms with van der Waals surface area (Å²) >= 11 is 0. The summed E-state index contributed by atoms with van der Waals surface area (Å²) in [6.45, 7) is 22.0. The standard InChI is InChI=1S/C48H86N6O23/c1-44(2,3)73-39(62)50-18-23-28(57)30(59)25(53-42(65)76-47(10,11)12)36(68-23)71-34-22(17-49)67-38(32(34)61)72-35-27(56)20(51-40(63)74-45(4,5)6)16-21(52-41(64)75-46(7,8)9)33(35)70-37-26(54-43(66)77-48(13,14)15)31(60)29(58)24(19-55)69-37/h20-38,55-61H,16-19,49H2,1-15H3,(H,50,62)(H,51,63)(H,52,64)(H,53,65)(H,54,66)/t20-,21+,22-,23?,24-,25-,26-,27+,28-,29-,30-,31-,32-,33?,34-,35-,36-,37-,38+/m1/s1. The molecule has 4 fully saturated rings. The van der Waals surface area contributed by atoms with Crippen LogP contribution in [0.2, 0.25) is 0 Å². The van der Waals surface area contributed by atoms with Crippen molar-refractivity contribution in [3.63, 3.8) is 0 Å². The maximum Gasteiger partial charge on any atom is 0.408 e. The van der Waals surface area contributed by atoms with Crippen molar-refractivity contribution >= 4 is 30.5 Å². The first-order valence-corrected chi connectivity index (χ1v) is 25.5. The number of nitrogens with one attached hydrogen (secondary N) is 5. The van der Waals surface area contributed by atoms with Gasteiger partial charge in [0.2, 0.25) is 0 Å². The Balaban J connectivity index is 1.80. The molecule has 77 heavy (non-hydrogen) atoms. The highest BCUT2D eigenvalue weighted by atomic mass is 16.8. The second-order valence-corrected chi connectivity index (χ2v) is 24.3. The number of aliphatic hydroxyl groups excluding tert-OH is 7. The lowest BCUT2D eigenvalue weighted by molar-refractivity contribution is -0.314. The van der Waals surface area contributed by atoms with E-state index >= 15 is 0 Å². The quantitative estimate of drug-likeness (QED) is 0.0922. The van der Waals surface area contributed by atoms with E-state index in [-0.39, 0.29) is 6.42 Å². The topological polar surface area (TPSA) is 415 Å². The Bertz CT molecular complexity index is 1970. The van der Waals surface area contributed by atoms with Gasteiger partial charge in [-0.15, -0.1) is 0 Å². The predicted octanol–water partition coefficient (Wildman–Crippen LogP) is -1.07. The summed E-state index contributed by atoms with van der Waals surface area (Å²) in [6, 6.07) is -6.15. The zero-order chi connectivity index (χ0) is 58.5. The minimum atomic E-state index is -1.95. The molecule has 446 valence electrons. The first kappa shape index (κ1) is 65.3. The fourth-order valence-corrected chi connectivity index (χ4v) is 8.48. The molecule has 0 aromatic carbocycles. The van der Waals surface area contributed by atoms with Crippen molar-refractivity contribution < 1.29 is 112 Å². The lowest BCUT2D eigenvalue weighted by atomic mass is 9.83. The van der Waals surface area contributed by atoms with Crippen molar-refractivity contribution in [1.82, 2.24) is 26.6 Å². The molecule has 4 rings (SSSR count). The Kier molecular flexibility index (Phi) is 22.0. The molecule has 4 aliphatic rings. The molecule has 2 unspecified atom stereocenters. The van der Waals surface area contributed by atoms with Crippen LogP contribution in [0.5, 0.6) is 0 Å².